The molecule has 0 saturated carbocycles. The standard InChI is InChI=1S/C22H17F5N6O/c23-15-4-1-14(2-5-15)3-7-17-10-29-20(11-28-17)22(26,27)21(34,12-33-13-30-31-32-33)18-8-6-16(24)9-19(18)25/h1-2,4-6,8-11,13,34H,3,7,12H2. The molecule has 0 fully saturated rings. The first-order valence-corrected chi connectivity index (χ1v) is 10.0. The number of aliphatic hydroxyl groups is 1. The maximum absolute atomic E-state index is 15.7. The fourth-order valence-corrected chi connectivity index (χ4v) is 3.45. The van der Waals surface area contributed by atoms with Crippen LogP contribution in [-0.2, 0) is 30.9 Å². The second-order valence-corrected chi connectivity index (χ2v) is 7.59. The number of alkyl halides is 2. The molecular formula is C22H17F5N6O. The van der Waals surface area contributed by atoms with Crippen LogP contribution in [0, 0.1) is 17.5 Å². The lowest BCUT2D eigenvalue weighted by Crippen LogP contribution is -2.48. The number of aromatic nitrogens is 6. The lowest BCUT2D eigenvalue weighted by molar-refractivity contribution is -0.208. The van der Waals surface area contributed by atoms with Crippen molar-refractivity contribution in [1.82, 2.24) is 30.2 Å². The molecule has 0 radical (unpaired) electrons. The third kappa shape index (κ3) is 4.62. The third-order valence-corrected chi connectivity index (χ3v) is 5.29. The maximum Gasteiger partial charge on any atom is 0.325 e. The first-order valence-electron chi connectivity index (χ1n) is 10.0. The van der Waals surface area contributed by atoms with Crippen LogP contribution >= 0.6 is 0 Å². The van der Waals surface area contributed by atoms with Crippen molar-refractivity contribution in [2.75, 3.05) is 0 Å². The van der Waals surface area contributed by atoms with Crippen molar-refractivity contribution in [2.45, 2.75) is 30.9 Å². The number of tetrazole rings is 1. The molecule has 2 heterocycles. The minimum atomic E-state index is -4.18. The molecule has 7 nitrogen and oxygen atoms in total. The summed E-state index contributed by atoms with van der Waals surface area (Å²) < 4.78 is 73.0. The monoisotopic (exact) mass is 476 g/mol. The predicted octanol–water partition coefficient (Wildman–Crippen LogP) is 3.35. The molecule has 0 aliphatic heterocycles. The van der Waals surface area contributed by atoms with E-state index in [4.69, 9.17) is 0 Å². The zero-order chi connectivity index (χ0) is 24.3. The molecule has 4 rings (SSSR count). The van der Waals surface area contributed by atoms with Crippen molar-refractivity contribution in [1.29, 1.82) is 0 Å². The summed E-state index contributed by atoms with van der Waals surface area (Å²) in [6.07, 6.45) is 3.67. The summed E-state index contributed by atoms with van der Waals surface area (Å²) >= 11 is 0. The Bertz CT molecular complexity index is 1250. The van der Waals surface area contributed by atoms with Crippen LogP contribution in [-0.4, -0.2) is 35.3 Å². The van der Waals surface area contributed by atoms with Crippen molar-refractivity contribution in [3.05, 3.63) is 101 Å². The highest BCUT2D eigenvalue weighted by molar-refractivity contribution is 5.30. The van der Waals surface area contributed by atoms with Gasteiger partial charge in [0.2, 0.25) is 0 Å². The molecule has 0 aliphatic rings. The summed E-state index contributed by atoms with van der Waals surface area (Å²) in [6, 6.07) is 7.69. The average molecular weight is 476 g/mol. The zero-order valence-corrected chi connectivity index (χ0v) is 17.4. The summed E-state index contributed by atoms with van der Waals surface area (Å²) in [5.74, 6) is -6.93. The molecule has 0 saturated heterocycles. The van der Waals surface area contributed by atoms with Gasteiger partial charge in [0, 0.05) is 17.8 Å². The van der Waals surface area contributed by atoms with Gasteiger partial charge in [-0.15, -0.1) is 5.10 Å². The van der Waals surface area contributed by atoms with Gasteiger partial charge in [-0.25, -0.2) is 17.9 Å². The molecule has 2 aromatic carbocycles. The Morgan fingerprint density at radius 2 is 1.62 bits per heavy atom. The first kappa shape index (κ1) is 23.4. The van der Waals surface area contributed by atoms with Crippen molar-refractivity contribution >= 4 is 0 Å². The van der Waals surface area contributed by atoms with Crippen LogP contribution in [0.25, 0.3) is 0 Å². The summed E-state index contributed by atoms with van der Waals surface area (Å²) in [7, 11) is 0. The largest absolute Gasteiger partial charge is 0.377 e. The topological polar surface area (TPSA) is 89.6 Å². The highest BCUT2D eigenvalue weighted by atomic mass is 19.3. The maximum atomic E-state index is 15.7. The van der Waals surface area contributed by atoms with E-state index in [1.807, 2.05) is 0 Å². The minimum absolute atomic E-state index is 0.339. The van der Waals surface area contributed by atoms with E-state index in [2.05, 4.69) is 25.5 Å². The molecule has 0 aliphatic carbocycles. The molecule has 0 bridgehead atoms. The van der Waals surface area contributed by atoms with E-state index in [9.17, 15) is 18.3 Å². The van der Waals surface area contributed by atoms with Crippen molar-refractivity contribution in [3.63, 3.8) is 0 Å². The van der Waals surface area contributed by atoms with Gasteiger partial charge in [-0.05, 0) is 53.1 Å². The number of benzene rings is 2. The Morgan fingerprint density at radius 3 is 2.24 bits per heavy atom. The number of hydrogen-bond donors (Lipinski definition) is 1. The fourth-order valence-electron chi connectivity index (χ4n) is 3.45. The van der Waals surface area contributed by atoms with Gasteiger partial charge in [-0.2, -0.15) is 8.78 Å². The Hall–Kier alpha value is -3.80. The summed E-state index contributed by atoms with van der Waals surface area (Å²) in [5.41, 5.74) is -3.83. The Balaban J connectivity index is 1.63. The molecule has 0 spiro atoms. The highest BCUT2D eigenvalue weighted by Crippen LogP contribution is 2.46. The van der Waals surface area contributed by atoms with Gasteiger partial charge in [0.25, 0.3) is 0 Å². The summed E-state index contributed by atoms with van der Waals surface area (Å²) in [6.45, 7) is -0.955. The van der Waals surface area contributed by atoms with Crippen LogP contribution in [0.15, 0.2) is 61.2 Å². The molecule has 12 heteroatoms. The summed E-state index contributed by atoms with van der Waals surface area (Å²) in [5, 5.41) is 21.2. The van der Waals surface area contributed by atoms with Crippen LogP contribution in [0.4, 0.5) is 22.0 Å². The minimum Gasteiger partial charge on any atom is -0.377 e. The molecular weight excluding hydrogens is 459 g/mol. The zero-order valence-electron chi connectivity index (χ0n) is 17.4. The van der Waals surface area contributed by atoms with Crippen LogP contribution in [0.2, 0.25) is 0 Å². The number of aryl methyl sites for hydroxylation is 2. The van der Waals surface area contributed by atoms with Crippen LogP contribution in [0.1, 0.15) is 22.5 Å². The second-order valence-electron chi connectivity index (χ2n) is 7.59. The molecule has 4 aromatic rings. The molecule has 1 N–H and O–H groups in total. The van der Waals surface area contributed by atoms with Gasteiger partial charge in [-0.3, -0.25) is 9.97 Å². The van der Waals surface area contributed by atoms with E-state index in [0.29, 0.717) is 24.6 Å². The second kappa shape index (κ2) is 9.21. The molecule has 2 aromatic heterocycles. The average Bonchev–Trinajstić information content (AvgIpc) is 3.31. The van der Waals surface area contributed by atoms with E-state index in [0.717, 1.165) is 41.1 Å². The smallest absolute Gasteiger partial charge is 0.325 e. The molecule has 1 unspecified atom stereocenters. The fraction of sp³-hybridized carbons (Fsp3) is 0.227. The molecule has 34 heavy (non-hydrogen) atoms. The number of halogens is 5. The van der Waals surface area contributed by atoms with Crippen LogP contribution in [0.5, 0.6) is 0 Å². The normalized spacial score (nSPS) is 13.6. The quantitative estimate of drug-likeness (QED) is 0.393. The number of nitrogens with zero attached hydrogens (tertiary/aromatic N) is 6. The lowest BCUT2D eigenvalue weighted by Gasteiger charge is -2.35. The van der Waals surface area contributed by atoms with Gasteiger partial charge in [0.05, 0.1) is 18.4 Å². The van der Waals surface area contributed by atoms with Crippen LogP contribution < -0.4 is 0 Å². The van der Waals surface area contributed by atoms with E-state index < -0.39 is 41.0 Å². The van der Waals surface area contributed by atoms with Crippen molar-refractivity contribution in [2.24, 2.45) is 0 Å². The lowest BCUT2D eigenvalue weighted by atomic mass is 9.85. The molecule has 1 atom stereocenters. The van der Waals surface area contributed by atoms with Gasteiger partial charge >= 0.3 is 5.92 Å². The van der Waals surface area contributed by atoms with Gasteiger partial charge < -0.3 is 5.11 Å². The third-order valence-electron chi connectivity index (χ3n) is 5.29. The van der Waals surface area contributed by atoms with Crippen molar-refractivity contribution < 1.29 is 27.1 Å². The Morgan fingerprint density at radius 1 is 0.882 bits per heavy atom. The Kier molecular flexibility index (Phi) is 6.33. The van der Waals surface area contributed by atoms with Crippen molar-refractivity contribution in [3.8, 4) is 0 Å². The van der Waals surface area contributed by atoms with E-state index in [1.165, 1.54) is 12.1 Å². The number of hydrogen-bond acceptors (Lipinski definition) is 6. The van der Waals surface area contributed by atoms with E-state index in [1.54, 1.807) is 12.1 Å². The van der Waals surface area contributed by atoms with E-state index >= 15 is 8.78 Å². The van der Waals surface area contributed by atoms with Gasteiger partial charge in [0.1, 0.15) is 29.5 Å². The SMILES string of the molecule is OC(Cn1cnnn1)(c1ccc(F)cc1F)C(F)(F)c1cnc(CCc2ccc(F)cc2)cn1. The Labute approximate surface area is 189 Å². The summed E-state index contributed by atoms with van der Waals surface area (Å²) in [4.78, 5) is 7.74. The van der Waals surface area contributed by atoms with E-state index in [-0.39, 0.29) is 5.82 Å². The van der Waals surface area contributed by atoms with Gasteiger partial charge in [-0.1, -0.05) is 12.1 Å². The first-order chi connectivity index (χ1) is 16.2. The molecule has 0 amide bonds. The van der Waals surface area contributed by atoms with Gasteiger partial charge in [0.15, 0.2) is 5.60 Å². The highest BCUT2D eigenvalue weighted by Gasteiger charge is 2.58. The molecule has 176 valence electrons. The predicted molar refractivity (Wildman–Crippen MR) is 108 cm³/mol. The number of rotatable bonds is 8. The van der Waals surface area contributed by atoms with Crippen LogP contribution in [0.3, 0.4) is 0 Å².